The first-order valence-electron chi connectivity index (χ1n) is 12.7. The van der Waals surface area contributed by atoms with Gasteiger partial charge >= 0.3 is 12.0 Å². The molecule has 1 fully saturated rings. The molecule has 1 aromatic carbocycles. The van der Waals surface area contributed by atoms with E-state index in [1.165, 1.54) is 17.9 Å². The van der Waals surface area contributed by atoms with Gasteiger partial charge in [-0.15, -0.1) is 11.3 Å². The fourth-order valence-corrected chi connectivity index (χ4v) is 5.16. The van der Waals surface area contributed by atoms with E-state index >= 15 is 0 Å². The van der Waals surface area contributed by atoms with Crippen molar-refractivity contribution in [2.45, 2.75) is 31.3 Å². The Balaban J connectivity index is 1.39. The van der Waals surface area contributed by atoms with Crippen LogP contribution in [0.25, 0.3) is 0 Å². The largest absolute Gasteiger partial charge is 0.476 e. The number of anilines is 2. The van der Waals surface area contributed by atoms with Crippen LogP contribution in [0.3, 0.4) is 0 Å². The standard InChI is InChI=1S/C28H27N5O7S/c1-32(2)18-10-8-16(9-11-18)12-20(24(34)31-27-29-19(15-41-27)26(36)37)33-25(35)23(30-28(33)38)22-14-39-13-21(40-22)17-6-4-3-5-7-17/h3-4,6,8-11,13-15,20,23H,5,7,12H2,1-2H3,(H,30,38)(H,36,37)(H,29,31,34)/t20-,23?/m0/s1. The summed E-state index contributed by atoms with van der Waals surface area (Å²) in [5.41, 5.74) is 2.28. The zero-order valence-corrected chi connectivity index (χ0v) is 23.0. The van der Waals surface area contributed by atoms with Gasteiger partial charge in [0.25, 0.3) is 5.91 Å². The summed E-state index contributed by atoms with van der Waals surface area (Å²) in [7, 11) is 3.79. The number of carbonyl (C=O) groups is 4. The van der Waals surface area contributed by atoms with E-state index in [4.69, 9.17) is 9.47 Å². The van der Waals surface area contributed by atoms with Crippen molar-refractivity contribution in [2.24, 2.45) is 0 Å². The Kier molecular flexibility index (Phi) is 7.88. The van der Waals surface area contributed by atoms with Crippen LogP contribution >= 0.6 is 11.3 Å². The predicted octanol–water partition coefficient (Wildman–Crippen LogP) is 3.38. The number of benzene rings is 1. The van der Waals surface area contributed by atoms with Gasteiger partial charge in [0.15, 0.2) is 28.4 Å². The molecule has 2 atom stereocenters. The Morgan fingerprint density at radius 3 is 2.68 bits per heavy atom. The molecule has 2 aromatic rings. The zero-order chi connectivity index (χ0) is 29.1. The molecular formula is C28H27N5O7S. The molecule has 12 nitrogen and oxygen atoms in total. The van der Waals surface area contributed by atoms with Crippen molar-refractivity contribution < 1.29 is 33.8 Å². The van der Waals surface area contributed by atoms with Crippen molar-refractivity contribution in [3.63, 3.8) is 0 Å². The maximum absolute atomic E-state index is 13.7. The van der Waals surface area contributed by atoms with E-state index in [0.717, 1.165) is 40.3 Å². The average Bonchev–Trinajstić information content (AvgIpc) is 3.56. The molecule has 2 aliphatic heterocycles. The third-order valence-corrected chi connectivity index (χ3v) is 7.38. The topological polar surface area (TPSA) is 150 Å². The molecule has 212 valence electrons. The number of allylic oxidation sites excluding steroid dienone is 4. The molecule has 3 N–H and O–H groups in total. The summed E-state index contributed by atoms with van der Waals surface area (Å²) in [5, 5.41) is 15.7. The van der Waals surface area contributed by atoms with Crippen molar-refractivity contribution in [3.8, 4) is 0 Å². The fourth-order valence-electron chi connectivity index (χ4n) is 4.47. The minimum Gasteiger partial charge on any atom is -0.476 e. The number of carbonyl (C=O) groups excluding carboxylic acids is 3. The molecule has 3 heterocycles. The summed E-state index contributed by atoms with van der Waals surface area (Å²) < 4.78 is 11.4. The van der Waals surface area contributed by atoms with Crippen LogP contribution in [0.5, 0.6) is 0 Å². The van der Waals surface area contributed by atoms with Crippen molar-refractivity contribution >= 4 is 46.0 Å². The molecule has 0 spiro atoms. The maximum atomic E-state index is 13.7. The Morgan fingerprint density at radius 1 is 1.24 bits per heavy atom. The molecule has 41 heavy (non-hydrogen) atoms. The highest BCUT2D eigenvalue weighted by Gasteiger charge is 2.47. The number of carboxylic acid groups (broad SMARTS) is 1. The number of hydrogen-bond donors (Lipinski definition) is 3. The maximum Gasteiger partial charge on any atom is 0.355 e. The van der Waals surface area contributed by atoms with Crippen molar-refractivity contribution in [1.82, 2.24) is 15.2 Å². The van der Waals surface area contributed by atoms with E-state index < -0.39 is 35.9 Å². The monoisotopic (exact) mass is 577 g/mol. The minimum atomic E-state index is -1.28. The molecule has 4 amide bonds. The van der Waals surface area contributed by atoms with Crippen LogP contribution in [-0.4, -0.2) is 65.0 Å². The molecule has 0 radical (unpaired) electrons. The number of ether oxygens (including phenoxy) is 2. The number of urea groups is 1. The molecular weight excluding hydrogens is 550 g/mol. The first kappa shape index (κ1) is 27.6. The lowest BCUT2D eigenvalue weighted by Crippen LogP contribution is -2.49. The van der Waals surface area contributed by atoms with Crippen LogP contribution in [0.4, 0.5) is 15.6 Å². The van der Waals surface area contributed by atoms with Gasteiger partial charge in [-0.1, -0.05) is 30.4 Å². The van der Waals surface area contributed by atoms with E-state index in [9.17, 15) is 24.3 Å². The van der Waals surface area contributed by atoms with E-state index in [1.54, 1.807) is 0 Å². The molecule has 0 bridgehead atoms. The quantitative estimate of drug-likeness (QED) is 0.381. The Labute approximate surface area is 239 Å². The Hall–Kier alpha value is -4.91. The third-order valence-electron chi connectivity index (χ3n) is 6.62. The van der Waals surface area contributed by atoms with E-state index in [0.29, 0.717) is 11.3 Å². The molecule has 0 saturated carbocycles. The molecule has 13 heteroatoms. The van der Waals surface area contributed by atoms with Crippen molar-refractivity contribution in [2.75, 3.05) is 24.3 Å². The summed E-state index contributed by atoms with van der Waals surface area (Å²) in [6.07, 6.45) is 10.1. The van der Waals surface area contributed by atoms with Gasteiger partial charge in [-0.3, -0.25) is 9.59 Å². The van der Waals surface area contributed by atoms with Gasteiger partial charge in [-0.25, -0.2) is 19.5 Å². The number of aromatic nitrogens is 1. The lowest BCUT2D eigenvalue weighted by Gasteiger charge is -2.25. The first-order chi connectivity index (χ1) is 19.7. The lowest BCUT2D eigenvalue weighted by molar-refractivity contribution is -0.134. The summed E-state index contributed by atoms with van der Waals surface area (Å²) in [6, 6.07) is 4.07. The summed E-state index contributed by atoms with van der Waals surface area (Å²) >= 11 is 0.921. The van der Waals surface area contributed by atoms with Gasteiger partial charge in [0.1, 0.15) is 18.6 Å². The summed E-state index contributed by atoms with van der Waals surface area (Å²) in [5.74, 6) is -2.13. The van der Waals surface area contributed by atoms with Crippen LogP contribution in [0, 0.1) is 0 Å². The molecule has 1 aliphatic carbocycles. The van der Waals surface area contributed by atoms with Gasteiger partial charge in [0.05, 0.1) is 0 Å². The smallest absolute Gasteiger partial charge is 0.355 e. The van der Waals surface area contributed by atoms with E-state index in [1.807, 2.05) is 61.5 Å². The molecule has 5 rings (SSSR count). The molecule has 3 aliphatic rings. The van der Waals surface area contributed by atoms with Gasteiger partial charge < -0.3 is 30.1 Å². The second-order valence-corrected chi connectivity index (χ2v) is 10.5. The molecule has 1 aromatic heterocycles. The zero-order valence-electron chi connectivity index (χ0n) is 22.2. The normalized spacial score (nSPS) is 18.8. The number of rotatable bonds is 9. The van der Waals surface area contributed by atoms with Gasteiger partial charge in [-0.2, -0.15) is 0 Å². The highest BCUT2D eigenvalue weighted by molar-refractivity contribution is 7.14. The Bertz CT molecular complexity index is 1510. The second kappa shape index (κ2) is 11.7. The number of imide groups is 1. The second-order valence-electron chi connectivity index (χ2n) is 9.60. The average molecular weight is 578 g/mol. The van der Waals surface area contributed by atoms with Crippen molar-refractivity contribution in [1.29, 1.82) is 0 Å². The third kappa shape index (κ3) is 5.99. The number of aromatic carboxylic acids is 1. The number of nitrogens with one attached hydrogen (secondary N) is 2. The van der Waals surface area contributed by atoms with Gasteiger partial charge in [0, 0.05) is 31.6 Å². The van der Waals surface area contributed by atoms with Crippen LogP contribution in [0.1, 0.15) is 28.9 Å². The van der Waals surface area contributed by atoms with Crippen LogP contribution in [-0.2, 0) is 25.5 Å². The number of carboxylic acids is 1. The number of nitrogens with zero attached hydrogens (tertiary/aromatic N) is 3. The highest BCUT2D eigenvalue weighted by Crippen LogP contribution is 2.30. The minimum absolute atomic E-state index is 0.00334. The number of thiazole rings is 1. The van der Waals surface area contributed by atoms with Gasteiger partial charge in [-0.05, 0) is 36.1 Å². The summed E-state index contributed by atoms with van der Waals surface area (Å²) in [6.45, 7) is 0. The Morgan fingerprint density at radius 2 is 2.02 bits per heavy atom. The molecule has 1 saturated heterocycles. The van der Waals surface area contributed by atoms with Crippen LogP contribution < -0.4 is 15.5 Å². The highest BCUT2D eigenvalue weighted by atomic mass is 32.1. The predicted molar refractivity (Wildman–Crippen MR) is 150 cm³/mol. The summed E-state index contributed by atoms with van der Waals surface area (Å²) in [4.78, 5) is 58.3. The van der Waals surface area contributed by atoms with Crippen molar-refractivity contribution in [3.05, 3.63) is 88.7 Å². The van der Waals surface area contributed by atoms with E-state index in [-0.39, 0.29) is 23.0 Å². The lowest BCUT2D eigenvalue weighted by atomic mass is 10.0. The number of hydrogen-bond acceptors (Lipinski definition) is 9. The molecule has 1 unspecified atom stereocenters. The number of amides is 4. The first-order valence-corrected chi connectivity index (χ1v) is 13.6. The van der Waals surface area contributed by atoms with Gasteiger partial charge in [0.2, 0.25) is 5.91 Å². The fraction of sp³-hybridized carbons (Fsp3) is 0.250. The van der Waals surface area contributed by atoms with Crippen LogP contribution in [0.2, 0.25) is 0 Å². The van der Waals surface area contributed by atoms with E-state index in [2.05, 4.69) is 15.6 Å². The SMILES string of the molecule is CN(C)c1ccc(C[C@@H](C(=O)Nc2nc(C(=O)O)cs2)N2C(=O)NC(C3=COC=C(C4=CC=CCC4)O3)C2=O)cc1. The van der Waals surface area contributed by atoms with Crippen LogP contribution in [0.15, 0.2) is 77.5 Å².